The number of Topliss-reactive ketones (excluding diaryl/α,β-unsaturated/α-hetero) is 1. The number of carbonyl (C=O) groups is 1. The van der Waals surface area contributed by atoms with Crippen molar-refractivity contribution in [3.63, 3.8) is 0 Å². The highest BCUT2D eigenvalue weighted by molar-refractivity contribution is 7.99. The van der Waals surface area contributed by atoms with E-state index in [2.05, 4.69) is 66.3 Å². The first-order chi connectivity index (χ1) is 12.5. The zero-order valence-electron chi connectivity index (χ0n) is 15.4. The van der Waals surface area contributed by atoms with Gasteiger partial charge in [0.15, 0.2) is 5.82 Å². The van der Waals surface area contributed by atoms with Crippen LogP contribution in [0.3, 0.4) is 0 Å². The maximum Gasteiger partial charge on any atom is 0.209 e. The van der Waals surface area contributed by atoms with Gasteiger partial charge in [0.2, 0.25) is 5.16 Å². The molecule has 0 unspecified atom stereocenters. The average Bonchev–Trinajstić information content (AvgIpc) is 3.08. The monoisotopic (exact) mass is 365 g/mol. The summed E-state index contributed by atoms with van der Waals surface area (Å²) in [5.74, 6) is 1.29. The molecule has 0 amide bonds. The highest BCUT2D eigenvalue weighted by atomic mass is 32.2. The first-order valence-electron chi connectivity index (χ1n) is 8.77. The molecule has 3 rings (SSSR count). The molecule has 0 saturated carbocycles. The lowest BCUT2D eigenvalue weighted by Gasteiger charge is -2.04. The van der Waals surface area contributed by atoms with Crippen molar-refractivity contribution in [1.29, 1.82) is 0 Å². The van der Waals surface area contributed by atoms with Gasteiger partial charge in [0, 0.05) is 12.0 Å². The van der Waals surface area contributed by atoms with Gasteiger partial charge in [-0.2, -0.15) is 0 Å². The standard InChI is InChI=1S/C21H23N3OS/c1-4-16-5-7-18(8-6-16)20-22-21(24-23-20)26-13-19(25)12-17-10-14(2)9-15(3)11-17/h5-11H,4,12-13H2,1-3H3,(H,22,23,24). The third kappa shape index (κ3) is 4.82. The predicted octanol–water partition coefficient (Wildman–Crippen LogP) is 4.55. The molecule has 3 aromatic rings. The van der Waals surface area contributed by atoms with E-state index < -0.39 is 0 Å². The van der Waals surface area contributed by atoms with Gasteiger partial charge >= 0.3 is 0 Å². The molecule has 0 aliphatic carbocycles. The summed E-state index contributed by atoms with van der Waals surface area (Å²) >= 11 is 1.38. The van der Waals surface area contributed by atoms with Crippen molar-refractivity contribution in [1.82, 2.24) is 15.2 Å². The van der Waals surface area contributed by atoms with Crippen molar-refractivity contribution in [3.05, 3.63) is 64.7 Å². The molecule has 0 aliphatic heterocycles. The van der Waals surface area contributed by atoms with E-state index in [-0.39, 0.29) is 5.78 Å². The largest absolute Gasteiger partial charge is 0.298 e. The fourth-order valence-corrected chi connectivity index (χ4v) is 3.59. The van der Waals surface area contributed by atoms with Crippen LogP contribution in [-0.2, 0) is 17.6 Å². The molecule has 5 heteroatoms. The quantitative estimate of drug-likeness (QED) is 0.624. The van der Waals surface area contributed by atoms with Crippen molar-refractivity contribution in [2.24, 2.45) is 0 Å². The van der Waals surface area contributed by atoms with Gasteiger partial charge < -0.3 is 0 Å². The number of ketones is 1. The molecule has 0 saturated heterocycles. The molecular formula is C21H23N3OS. The smallest absolute Gasteiger partial charge is 0.209 e. The summed E-state index contributed by atoms with van der Waals surface area (Å²) < 4.78 is 0. The molecule has 134 valence electrons. The van der Waals surface area contributed by atoms with Crippen LogP contribution in [0.2, 0.25) is 0 Å². The second-order valence-corrected chi connectivity index (χ2v) is 7.46. The highest BCUT2D eigenvalue weighted by Gasteiger charge is 2.10. The van der Waals surface area contributed by atoms with Gasteiger partial charge in [-0.1, -0.05) is 72.3 Å². The molecule has 2 aromatic carbocycles. The molecule has 26 heavy (non-hydrogen) atoms. The topological polar surface area (TPSA) is 58.6 Å². The lowest BCUT2D eigenvalue weighted by atomic mass is 10.0. The molecule has 0 aliphatic rings. The Morgan fingerprint density at radius 1 is 1.04 bits per heavy atom. The lowest BCUT2D eigenvalue weighted by Crippen LogP contribution is -2.06. The molecule has 1 N–H and O–H groups in total. The third-order valence-corrected chi connectivity index (χ3v) is 5.05. The van der Waals surface area contributed by atoms with Gasteiger partial charge in [-0.15, -0.1) is 5.10 Å². The van der Waals surface area contributed by atoms with Crippen LogP contribution in [0, 0.1) is 13.8 Å². The first kappa shape index (κ1) is 18.4. The number of nitrogens with one attached hydrogen (secondary N) is 1. The number of carbonyl (C=O) groups excluding carboxylic acids is 1. The molecule has 0 atom stereocenters. The number of rotatable bonds is 7. The maximum absolute atomic E-state index is 12.3. The summed E-state index contributed by atoms with van der Waals surface area (Å²) in [6.07, 6.45) is 1.46. The predicted molar refractivity (Wildman–Crippen MR) is 107 cm³/mol. The second-order valence-electron chi connectivity index (χ2n) is 6.52. The van der Waals surface area contributed by atoms with Crippen LogP contribution in [0.4, 0.5) is 0 Å². The van der Waals surface area contributed by atoms with E-state index in [1.165, 1.54) is 28.5 Å². The van der Waals surface area contributed by atoms with Gasteiger partial charge in [0.25, 0.3) is 0 Å². The first-order valence-corrected chi connectivity index (χ1v) is 9.75. The molecule has 4 nitrogen and oxygen atoms in total. The van der Waals surface area contributed by atoms with Gasteiger partial charge in [0.05, 0.1) is 5.75 Å². The minimum atomic E-state index is 0.179. The molecule has 1 heterocycles. The number of aryl methyl sites for hydroxylation is 3. The number of H-pyrrole nitrogens is 1. The van der Waals surface area contributed by atoms with E-state index in [0.29, 0.717) is 17.3 Å². The number of hydrogen-bond donors (Lipinski definition) is 1. The summed E-state index contributed by atoms with van der Waals surface area (Å²) in [5.41, 5.74) is 5.74. The van der Waals surface area contributed by atoms with E-state index in [0.717, 1.165) is 23.4 Å². The van der Waals surface area contributed by atoms with Crippen molar-refractivity contribution in [2.75, 3.05) is 5.75 Å². The fourth-order valence-electron chi connectivity index (χ4n) is 2.93. The Kier molecular flexibility index (Phi) is 5.89. The van der Waals surface area contributed by atoms with Gasteiger partial charge in [-0.05, 0) is 31.4 Å². The Balaban J connectivity index is 1.57. The molecule has 0 radical (unpaired) electrons. The molecule has 0 spiro atoms. The highest BCUT2D eigenvalue weighted by Crippen LogP contribution is 2.20. The number of aromatic nitrogens is 3. The maximum atomic E-state index is 12.3. The SMILES string of the molecule is CCc1ccc(-c2nc(SCC(=O)Cc3cc(C)cc(C)c3)n[nH]2)cc1. The molecule has 0 fully saturated rings. The Morgan fingerprint density at radius 3 is 2.38 bits per heavy atom. The van der Waals surface area contributed by atoms with Crippen LogP contribution in [0.15, 0.2) is 47.6 Å². The number of hydrogen-bond acceptors (Lipinski definition) is 4. The second kappa shape index (κ2) is 8.32. The van der Waals surface area contributed by atoms with Crippen LogP contribution < -0.4 is 0 Å². The average molecular weight is 366 g/mol. The van der Waals surface area contributed by atoms with Crippen molar-refractivity contribution >= 4 is 17.5 Å². The number of nitrogens with zero attached hydrogens (tertiary/aromatic N) is 2. The van der Waals surface area contributed by atoms with Gasteiger partial charge in [-0.3, -0.25) is 9.89 Å². The number of aromatic amines is 1. The zero-order chi connectivity index (χ0) is 18.5. The Labute approximate surface area is 158 Å². The van der Waals surface area contributed by atoms with Crippen LogP contribution in [0.1, 0.15) is 29.2 Å². The third-order valence-electron chi connectivity index (χ3n) is 4.15. The Morgan fingerprint density at radius 2 is 1.73 bits per heavy atom. The normalized spacial score (nSPS) is 10.9. The van der Waals surface area contributed by atoms with E-state index in [1.807, 2.05) is 12.1 Å². The zero-order valence-corrected chi connectivity index (χ0v) is 16.2. The summed E-state index contributed by atoms with van der Waals surface area (Å²) in [4.78, 5) is 16.8. The Bertz CT molecular complexity index is 880. The lowest BCUT2D eigenvalue weighted by molar-refractivity contribution is -0.116. The number of thioether (sulfide) groups is 1. The van der Waals surface area contributed by atoms with Gasteiger partial charge in [-0.25, -0.2) is 4.98 Å². The molecule has 1 aromatic heterocycles. The van der Waals surface area contributed by atoms with Crippen molar-refractivity contribution < 1.29 is 4.79 Å². The van der Waals surface area contributed by atoms with Crippen LogP contribution in [-0.4, -0.2) is 26.7 Å². The summed E-state index contributed by atoms with van der Waals surface area (Å²) in [7, 11) is 0. The minimum absolute atomic E-state index is 0.179. The summed E-state index contributed by atoms with van der Waals surface area (Å²) in [6.45, 7) is 6.24. The Hall–Kier alpha value is -2.40. The van der Waals surface area contributed by atoms with E-state index >= 15 is 0 Å². The number of benzene rings is 2. The van der Waals surface area contributed by atoms with Crippen LogP contribution >= 0.6 is 11.8 Å². The fraction of sp³-hybridized carbons (Fsp3) is 0.286. The molecular weight excluding hydrogens is 342 g/mol. The van der Waals surface area contributed by atoms with Gasteiger partial charge in [0.1, 0.15) is 5.78 Å². The minimum Gasteiger partial charge on any atom is -0.298 e. The summed E-state index contributed by atoms with van der Waals surface area (Å²) in [5, 5.41) is 7.78. The van der Waals surface area contributed by atoms with Crippen molar-refractivity contribution in [3.8, 4) is 11.4 Å². The van der Waals surface area contributed by atoms with Crippen LogP contribution in [0.5, 0.6) is 0 Å². The van der Waals surface area contributed by atoms with Crippen LogP contribution in [0.25, 0.3) is 11.4 Å². The van der Waals surface area contributed by atoms with E-state index in [9.17, 15) is 4.79 Å². The molecule has 0 bridgehead atoms. The van der Waals surface area contributed by atoms with E-state index in [1.54, 1.807) is 0 Å². The van der Waals surface area contributed by atoms with E-state index in [4.69, 9.17) is 0 Å². The summed E-state index contributed by atoms with van der Waals surface area (Å²) in [6, 6.07) is 14.5. The van der Waals surface area contributed by atoms with Crippen molar-refractivity contribution in [2.45, 2.75) is 38.8 Å².